The van der Waals surface area contributed by atoms with Gasteiger partial charge in [-0.15, -0.1) is 0 Å². The zero-order valence-electron chi connectivity index (χ0n) is 10.3. The van der Waals surface area contributed by atoms with Crippen LogP contribution >= 0.6 is 0 Å². The maximum absolute atomic E-state index is 11.5. The number of aliphatic hydroxyl groups is 1. The van der Waals surface area contributed by atoms with Crippen molar-refractivity contribution in [3.8, 4) is 5.75 Å². The van der Waals surface area contributed by atoms with Gasteiger partial charge in [-0.25, -0.2) is 4.79 Å². The third-order valence-corrected chi connectivity index (χ3v) is 2.37. The number of phenols is 1. The smallest absolute Gasteiger partial charge is 0.328 e. The van der Waals surface area contributed by atoms with Crippen molar-refractivity contribution in [3.05, 3.63) is 35.9 Å². The Morgan fingerprint density at radius 1 is 1.26 bits per heavy atom. The summed E-state index contributed by atoms with van der Waals surface area (Å²) in [5.74, 6) is -1.82. The zero-order chi connectivity index (χ0) is 14.4. The topological polar surface area (TPSA) is 107 Å². The van der Waals surface area contributed by atoms with Crippen molar-refractivity contribution < 1.29 is 24.9 Å². The predicted molar refractivity (Wildman–Crippen MR) is 68.4 cm³/mol. The van der Waals surface area contributed by atoms with Crippen LogP contribution in [0.25, 0.3) is 6.08 Å². The number of phenolic OH excluding ortho intramolecular Hbond substituents is 1. The van der Waals surface area contributed by atoms with Crippen molar-refractivity contribution >= 4 is 18.0 Å². The quantitative estimate of drug-likeness (QED) is 0.575. The number of benzene rings is 1. The first-order valence-corrected chi connectivity index (χ1v) is 5.58. The first-order valence-electron chi connectivity index (χ1n) is 5.58. The average Bonchev–Trinajstić information content (AvgIpc) is 2.34. The van der Waals surface area contributed by atoms with E-state index in [1.54, 1.807) is 12.1 Å². The molecule has 1 rings (SSSR count). The average molecular weight is 265 g/mol. The standard InChI is InChI=1S/C13H15NO5/c1-8(15)12(13(18)19)14-11(17)7-4-9-2-5-10(16)6-3-9/h2-8,12,15-16H,1H3,(H,14,17)(H,18,19)/b7-4+/t8-,12+/m0/s1. The molecule has 19 heavy (non-hydrogen) atoms. The Morgan fingerprint density at radius 2 is 1.84 bits per heavy atom. The van der Waals surface area contributed by atoms with Crippen molar-refractivity contribution in [1.82, 2.24) is 5.32 Å². The summed E-state index contributed by atoms with van der Waals surface area (Å²) in [6, 6.07) is 4.78. The summed E-state index contributed by atoms with van der Waals surface area (Å²) >= 11 is 0. The highest BCUT2D eigenvalue weighted by Gasteiger charge is 2.23. The third-order valence-electron chi connectivity index (χ3n) is 2.37. The van der Waals surface area contributed by atoms with Gasteiger partial charge in [0.2, 0.25) is 5.91 Å². The second kappa shape index (κ2) is 6.55. The van der Waals surface area contributed by atoms with Crippen LogP contribution in [0.1, 0.15) is 12.5 Å². The molecule has 0 bridgehead atoms. The zero-order valence-corrected chi connectivity index (χ0v) is 10.3. The monoisotopic (exact) mass is 265 g/mol. The van der Waals surface area contributed by atoms with E-state index in [0.29, 0.717) is 5.56 Å². The molecule has 0 heterocycles. The van der Waals surface area contributed by atoms with Gasteiger partial charge >= 0.3 is 5.97 Å². The highest BCUT2D eigenvalue weighted by molar-refractivity contribution is 5.94. The second-order valence-corrected chi connectivity index (χ2v) is 3.99. The number of carboxylic acid groups (broad SMARTS) is 1. The molecule has 1 amide bonds. The predicted octanol–water partition coefficient (Wildman–Crippen LogP) is 0.356. The number of carbonyl (C=O) groups is 2. The third kappa shape index (κ3) is 4.81. The summed E-state index contributed by atoms with van der Waals surface area (Å²) in [4.78, 5) is 22.2. The number of hydrogen-bond acceptors (Lipinski definition) is 4. The number of aromatic hydroxyl groups is 1. The Morgan fingerprint density at radius 3 is 2.32 bits per heavy atom. The number of hydrogen-bond donors (Lipinski definition) is 4. The Labute approximate surface area is 110 Å². The van der Waals surface area contributed by atoms with Crippen molar-refractivity contribution in [2.45, 2.75) is 19.1 Å². The molecule has 0 saturated heterocycles. The van der Waals surface area contributed by atoms with E-state index in [1.165, 1.54) is 25.1 Å². The second-order valence-electron chi connectivity index (χ2n) is 3.99. The summed E-state index contributed by atoms with van der Waals surface area (Å²) in [5.41, 5.74) is 0.678. The molecule has 0 unspecified atom stereocenters. The summed E-state index contributed by atoms with van der Waals surface area (Å²) in [7, 11) is 0. The lowest BCUT2D eigenvalue weighted by atomic mass is 10.1. The lowest BCUT2D eigenvalue weighted by Crippen LogP contribution is -2.47. The maximum atomic E-state index is 11.5. The van der Waals surface area contributed by atoms with Gasteiger partial charge in [-0.2, -0.15) is 0 Å². The molecule has 0 aliphatic heterocycles. The van der Waals surface area contributed by atoms with Gasteiger partial charge in [0.15, 0.2) is 6.04 Å². The lowest BCUT2D eigenvalue weighted by molar-refractivity contribution is -0.144. The first kappa shape index (κ1) is 14.7. The molecule has 1 aromatic rings. The van der Waals surface area contributed by atoms with Gasteiger partial charge < -0.3 is 20.6 Å². The van der Waals surface area contributed by atoms with Crippen LogP contribution in [0.4, 0.5) is 0 Å². The lowest BCUT2D eigenvalue weighted by Gasteiger charge is -2.15. The largest absolute Gasteiger partial charge is 0.508 e. The Balaban J connectivity index is 2.64. The summed E-state index contributed by atoms with van der Waals surface area (Å²) in [5, 5.41) is 29.2. The van der Waals surface area contributed by atoms with E-state index in [2.05, 4.69) is 5.32 Å². The Kier molecular flexibility index (Phi) is 5.08. The first-order chi connectivity index (χ1) is 8.90. The van der Waals surface area contributed by atoms with Crippen LogP contribution in [0.5, 0.6) is 5.75 Å². The minimum atomic E-state index is -1.35. The van der Waals surface area contributed by atoms with Gasteiger partial charge in [-0.3, -0.25) is 4.79 Å². The maximum Gasteiger partial charge on any atom is 0.328 e. The summed E-state index contributed by atoms with van der Waals surface area (Å²) < 4.78 is 0. The number of aliphatic hydroxyl groups excluding tert-OH is 1. The molecule has 102 valence electrons. The fourth-order valence-electron chi connectivity index (χ4n) is 1.35. The van der Waals surface area contributed by atoms with Crippen LogP contribution in [-0.2, 0) is 9.59 Å². The van der Waals surface area contributed by atoms with E-state index in [0.717, 1.165) is 6.08 Å². The molecule has 0 saturated carbocycles. The molecule has 0 radical (unpaired) electrons. The molecule has 6 heteroatoms. The molecular weight excluding hydrogens is 250 g/mol. The van der Waals surface area contributed by atoms with E-state index in [9.17, 15) is 14.7 Å². The highest BCUT2D eigenvalue weighted by Crippen LogP contribution is 2.10. The van der Waals surface area contributed by atoms with Crippen LogP contribution in [0.2, 0.25) is 0 Å². The van der Waals surface area contributed by atoms with Crippen LogP contribution in [0.3, 0.4) is 0 Å². The Hall–Kier alpha value is -2.34. The van der Waals surface area contributed by atoms with E-state index in [-0.39, 0.29) is 5.75 Å². The van der Waals surface area contributed by atoms with Gasteiger partial charge in [0, 0.05) is 6.08 Å². The van der Waals surface area contributed by atoms with Crippen LogP contribution in [-0.4, -0.2) is 39.3 Å². The molecule has 0 spiro atoms. The number of aliphatic carboxylic acids is 1. The van der Waals surface area contributed by atoms with Gasteiger partial charge in [-0.1, -0.05) is 12.1 Å². The fourth-order valence-corrected chi connectivity index (χ4v) is 1.35. The SMILES string of the molecule is C[C@H](O)[C@@H](NC(=O)/C=C/c1ccc(O)cc1)C(=O)O. The molecule has 0 fully saturated rings. The van der Waals surface area contributed by atoms with Gasteiger partial charge in [0.1, 0.15) is 5.75 Å². The number of nitrogens with one attached hydrogen (secondary N) is 1. The number of amides is 1. The van der Waals surface area contributed by atoms with Crippen LogP contribution in [0, 0.1) is 0 Å². The number of rotatable bonds is 5. The van der Waals surface area contributed by atoms with Crippen LogP contribution in [0.15, 0.2) is 30.3 Å². The Bertz CT molecular complexity index is 478. The van der Waals surface area contributed by atoms with Crippen molar-refractivity contribution in [3.63, 3.8) is 0 Å². The molecular formula is C13H15NO5. The fraction of sp³-hybridized carbons (Fsp3) is 0.231. The number of carbonyl (C=O) groups excluding carboxylic acids is 1. The summed E-state index contributed by atoms with van der Waals surface area (Å²) in [6.07, 6.45) is 1.43. The number of carboxylic acids is 1. The molecule has 6 nitrogen and oxygen atoms in total. The van der Waals surface area contributed by atoms with E-state index in [4.69, 9.17) is 10.2 Å². The summed E-state index contributed by atoms with van der Waals surface area (Å²) in [6.45, 7) is 1.28. The minimum absolute atomic E-state index is 0.113. The molecule has 4 N–H and O–H groups in total. The van der Waals surface area contributed by atoms with Gasteiger partial charge in [0.25, 0.3) is 0 Å². The van der Waals surface area contributed by atoms with E-state index in [1.807, 2.05) is 0 Å². The van der Waals surface area contributed by atoms with Gasteiger partial charge in [0.05, 0.1) is 6.10 Å². The van der Waals surface area contributed by atoms with E-state index >= 15 is 0 Å². The van der Waals surface area contributed by atoms with Crippen LogP contribution < -0.4 is 5.32 Å². The van der Waals surface area contributed by atoms with Crippen molar-refractivity contribution in [1.29, 1.82) is 0 Å². The molecule has 2 atom stereocenters. The molecule has 1 aromatic carbocycles. The molecule has 0 aromatic heterocycles. The highest BCUT2D eigenvalue weighted by atomic mass is 16.4. The van der Waals surface area contributed by atoms with Crippen molar-refractivity contribution in [2.75, 3.05) is 0 Å². The molecule has 0 aliphatic carbocycles. The minimum Gasteiger partial charge on any atom is -0.508 e. The molecule has 0 aliphatic rings. The van der Waals surface area contributed by atoms with E-state index < -0.39 is 24.0 Å². The van der Waals surface area contributed by atoms with Gasteiger partial charge in [-0.05, 0) is 30.7 Å². The van der Waals surface area contributed by atoms with Crippen molar-refractivity contribution in [2.24, 2.45) is 0 Å². The normalized spacial score (nSPS) is 14.0.